The molecule has 8 heteroatoms. The molecule has 0 rings (SSSR count). The van der Waals surface area contributed by atoms with Crippen LogP contribution in [-0.4, -0.2) is 48.7 Å². The van der Waals surface area contributed by atoms with Gasteiger partial charge >= 0.3 is 12.0 Å². The number of hydrogen-bond donors (Lipinski definition) is 4. The van der Waals surface area contributed by atoms with Crippen molar-refractivity contribution in [3.63, 3.8) is 0 Å². The van der Waals surface area contributed by atoms with Crippen molar-refractivity contribution in [3.8, 4) is 0 Å². The Morgan fingerprint density at radius 1 is 1.67 bits per heavy atom. The molecule has 18 heavy (non-hydrogen) atoms. The lowest BCUT2D eigenvalue weighted by atomic mass is 10.1. The Balaban J connectivity index is 4.87. The summed E-state index contributed by atoms with van der Waals surface area (Å²) in [6, 6.07) is -1.19. The number of hydrogen-bond acceptors (Lipinski definition) is 6. The van der Waals surface area contributed by atoms with E-state index in [0.717, 1.165) is 0 Å². The van der Waals surface area contributed by atoms with Gasteiger partial charge in [0.2, 0.25) is 0 Å². The summed E-state index contributed by atoms with van der Waals surface area (Å²) in [7, 11) is 1.60. The van der Waals surface area contributed by atoms with Crippen molar-refractivity contribution in [1.82, 2.24) is 5.32 Å². The van der Waals surface area contributed by atoms with Crippen LogP contribution in [0.4, 0.5) is 0 Å². The van der Waals surface area contributed by atoms with Crippen LogP contribution in [0.2, 0.25) is 0 Å². The van der Waals surface area contributed by atoms with Crippen LogP contribution in [0.5, 0.6) is 0 Å². The normalized spacial score (nSPS) is 13.5. The van der Waals surface area contributed by atoms with Crippen LogP contribution in [-0.2, 0) is 4.79 Å². The minimum Gasteiger partial charge on any atom is -0.476 e. The second-order valence-electron chi connectivity index (χ2n) is 3.55. The summed E-state index contributed by atoms with van der Waals surface area (Å²) in [6.07, 6.45) is 0.428. The predicted octanol–water partition coefficient (Wildman–Crippen LogP) is -0.0237. The van der Waals surface area contributed by atoms with E-state index < -0.39 is 12.0 Å². The van der Waals surface area contributed by atoms with Gasteiger partial charge in [-0.2, -0.15) is 0 Å². The van der Waals surface area contributed by atoms with Gasteiger partial charge in [0, 0.05) is 23.1 Å². The van der Waals surface area contributed by atoms with Gasteiger partial charge in [-0.1, -0.05) is 0 Å². The number of aliphatic imine (C=N–C) groups is 1. The zero-order valence-electron chi connectivity index (χ0n) is 10.3. The quantitative estimate of drug-likeness (QED) is 0.269. The fraction of sp³-hybridized carbons (Fsp3) is 0.600. The molecule has 0 heterocycles. The second kappa shape index (κ2) is 8.65. The molecular weight excluding hydrogens is 256 g/mol. The smallest absolute Gasteiger partial charge is 0.377 e. The van der Waals surface area contributed by atoms with E-state index in [-0.39, 0.29) is 18.0 Å². The highest BCUT2D eigenvalue weighted by atomic mass is 32.1. The van der Waals surface area contributed by atoms with E-state index in [9.17, 15) is 9.70 Å². The van der Waals surface area contributed by atoms with Gasteiger partial charge in [-0.05, 0) is 13.3 Å². The number of nitrogens with zero attached hydrogens (tertiary/aromatic N) is 2. The molecule has 0 amide bonds. The van der Waals surface area contributed by atoms with Gasteiger partial charge in [-0.3, -0.25) is 4.99 Å². The van der Waals surface area contributed by atoms with Gasteiger partial charge in [0.15, 0.2) is 6.54 Å². The monoisotopic (exact) mass is 275 g/mol. The number of nitrogens with one attached hydrogen (secondary N) is 1. The third-order valence-corrected chi connectivity index (χ3v) is 2.75. The first-order valence-corrected chi connectivity index (χ1v) is 5.85. The molecule has 0 aromatic carbocycles. The highest BCUT2D eigenvalue weighted by Gasteiger charge is 2.34. The molecule has 0 saturated carbocycles. The standard InChI is InChI=1S/C10H18N4O3S/c1-12-7(9(18)13-2)6-8(10(15)16)14(17)5-3-4-11/h8,12H,2-6,11H2,1H3,(H-,15,16,18)/p+1. The lowest BCUT2D eigenvalue weighted by Gasteiger charge is -2.10. The second-order valence-corrected chi connectivity index (χ2v) is 3.97. The minimum absolute atomic E-state index is 0.0161. The topological polar surface area (TPSA) is 108 Å². The summed E-state index contributed by atoms with van der Waals surface area (Å²) in [6.45, 7) is 3.71. The zero-order valence-corrected chi connectivity index (χ0v) is 11.2. The van der Waals surface area contributed by atoms with E-state index in [2.05, 4.69) is 29.7 Å². The van der Waals surface area contributed by atoms with Gasteiger partial charge in [-0.15, -0.1) is 12.6 Å². The average molecular weight is 275 g/mol. The molecule has 0 spiro atoms. The molecule has 0 radical (unpaired) electrons. The van der Waals surface area contributed by atoms with E-state index in [1.165, 1.54) is 0 Å². The van der Waals surface area contributed by atoms with Crippen molar-refractivity contribution in [1.29, 1.82) is 0 Å². The van der Waals surface area contributed by atoms with Gasteiger partial charge < -0.3 is 16.2 Å². The Morgan fingerprint density at radius 3 is 2.67 bits per heavy atom. The molecule has 0 saturated heterocycles. The zero-order chi connectivity index (χ0) is 14.1. The van der Waals surface area contributed by atoms with Crippen molar-refractivity contribution in [3.05, 3.63) is 15.6 Å². The van der Waals surface area contributed by atoms with Crippen LogP contribution in [0.3, 0.4) is 0 Å². The third-order valence-electron chi connectivity index (χ3n) is 2.33. The Labute approximate surface area is 111 Å². The van der Waals surface area contributed by atoms with Gasteiger partial charge in [0.1, 0.15) is 5.03 Å². The minimum atomic E-state index is -1.19. The number of carboxylic acids is 1. The van der Waals surface area contributed by atoms with Crippen LogP contribution in [0.1, 0.15) is 12.8 Å². The number of carbonyl (C=O) groups is 1. The SMILES string of the molecule is C=NC(S)=C(CC(C(=O)O)[N+](=O)CCCN)NC. The van der Waals surface area contributed by atoms with E-state index in [0.29, 0.717) is 23.4 Å². The molecule has 0 aliphatic heterocycles. The molecule has 1 atom stereocenters. The number of nitrogens with two attached hydrogens (primary N) is 1. The molecular formula is C10H19N4O3S+. The van der Waals surface area contributed by atoms with Gasteiger partial charge in [-0.25, -0.2) is 4.79 Å². The summed E-state index contributed by atoms with van der Waals surface area (Å²) >= 11 is 4.04. The maximum Gasteiger partial charge on any atom is 0.377 e. The molecule has 102 valence electrons. The van der Waals surface area contributed by atoms with Crippen LogP contribution in [0.15, 0.2) is 15.7 Å². The van der Waals surface area contributed by atoms with E-state index in [1.54, 1.807) is 7.05 Å². The van der Waals surface area contributed by atoms with Crippen LogP contribution >= 0.6 is 12.6 Å². The molecule has 4 N–H and O–H groups in total. The van der Waals surface area contributed by atoms with E-state index >= 15 is 0 Å². The first kappa shape index (κ1) is 16.6. The van der Waals surface area contributed by atoms with E-state index in [1.807, 2.05) is 0 Å². The highest BCUT2D eigenvalue weighted by Crippen LogP contribution is 2.14. The predicted molar refractivity (Wildman–Crippen MR) is 72.8 cm³/mol. The molecule has 7 nitrogen and oxygen atoms in total. The lowest BCUT2D eigenvalue weighted by molar-refractivity contribution is -0.574. The summed E-state index contributed by atoms with van der Waals surface area (Å²) < 4.78 is 0.511. The van der Waals surface area contributed by atoms with Crippen molar-refractivity contribution in [2.45, 2.75) is 18.9 Å². The van der Waals surface area contributed by atoms with Crippen molar-refractivity contribution < 1.29 is 14.7 Å². The molecule has 0 bridgehead atoms. The molecule has 0 aromatic heterocycles. The fourth-order valence-corrected chi connectivity index (χ4v) is 1.51. The van der Waals surface area contributed by atoms with Crippen LogP contribution < -0.4 is 11.1 Å². The number of carboxylic acid groups (broad SMARTS) is 1. The van der Waals surface area contributed by atoms with Crippen molar-refractivity contribution in [2.24, 2.45) is 10.7 Å². The largest absolute Gasteiger partial charge is 0.476 e. The summed E-state index contributed by atoms with van der Waals surface area (Å²) in [4.78, 5) is 26.3. The summed E-state index contributed by atoms with van der Waals surface area (Å²) in [5, 5.41) is 12.1. The fourth-order valence-electron chi connectivity index (χ4n) is 1.31. The summed E-state index contributed by atoms with van der Waals surface area (Å²) in [5.41, 5.74) is 5.73. The molecule has 0 aliphatic carbocycles. The Kier molecular flexibility index (Phi) is 7.97. The maximum absolute atomic E-state index is 11.7. The van der Waals surface area contributed by atoms with Gasteiger partial charge in [0.05, 0.1) is 12.1 Å². The first-order valence-electron chi connectivity index (χ1n) is 5.41. The van der Waals surface area contributed by atoms with Crippen LogP contribution in [0.25, 0.3) is 0 Å². The molecule has 0 fully saturated rings. The molecule has 0 aromatic rings. The first-order chi connectivity index (χ1) is 8.47. The van der Waals surface area contributed by atoms with Gasteiger partial charge in [0.25, 0.3) is 0 Å². The summed E-state index contributed by atoms with van der Waals surface area (Å²) in [5.74, 6) is -1.19. The Morgan fingerprint density at radius 2 is 2.28 bits per heavy atom. The van der Waals surface area contributed by atoms with Crippen molar-refractivity contribution >= 4 is 25.3 Å². The van der Waals surface area contributed by atoms with Crippen molar-refractivity contribution in [2.75, 3.05) is 20.1 Å². The number of aliphatic carboxylic acids is 1. The average Bonchev–Trinajstić information content (AvgIpc) is 2.35. The van der Waals surface area contributed by atoms with E-state index in [4.69, 9.17) is 10.8 Å². The Bertz CT molecular complexity index is 357. The highest BCUT2D eigenvalue weighted by molar-refractivity contribution is 7.84. The van der Waals surface area contributed by atoms with Crippen LogP contribution in [0, 0.1) is 4.91 Å². The Hall–Kier alpha value is -1.41. The lowest BCUT2D eigenvalue weighted by Crippen LogP contribution is -2.35. The number of thiol groups is 1. The third kappa shape index (κ3) is 5.28. The number of nitroso groups, excluding NO2 is 1. The molecule has 1 unspecified atom stereocenters. The number of rotatable bonds is 9. The maximum atomic E-state index is 11.7. The molecule has 0 aliphatic rings.